The van der Waals surface area contributed by atoms with Gasteiger partial charge >= 0.3 is 0 Å². The van der Waals surface area contributed by atoms with Crippen LogP contribution in [-0.4, -0.2) is 18.6 Å². The highest BCUT2D eigenvalue weighted by Gasteiger charge is 2.23. The second kappa shape index (κ2) is 4.24. The number of nitrogens with one attached hydrogen (secondary N) is 1. The molecule has 1 aliphatic carbocycles. The first-order valence-electron chi connectivity index (χ1n) is 5.15. The van der Waals surface area contributed by atoms with Crippen LogP contribution in [0, 0.1) is 5.92 Å². The van der Waals surface area contributed by atoms with E-state index in [4.69, 9.17) is 5.73 Å². The molecule has 3 N–H and O–H groups in total. The van der Waals surface area contributed by atoms with Crippen molar-refractivity contribution >= 4 is 0 Å². The first-order valence-corrected chi connectivity index (χ1v) is 5.15. The van der Waals surface area contributed by atoms with E-state index in [-0.39, 0.29) is 5.54 Å². The lowest BCUT2D eigenvalue weighted by Gasteiger charge is -2.28. The molecule has 1 rings (SSSR count). The Kier molecular flexibility index (Phi) is 3.53. The van der Waals surface area contributed by atoms with Crippen molar-refractivity contribution in [2.45, 2.75) is 45.1 Å². The van der Waals surface area contributed by atoms with E-state index in [2.05, 4.69) is 19.2 Å². The van der Waals surface area contributed by atoms with Crippen molar-refractivity contribution in [3.8, 4) is 0 Å². The quantitative estimate of drug-likeness (QED) is 0.634. The molecular formula is C10H22N2. The highest BCUT2D eigenvalue weighted by molar-refractivity contribution is 4.83. The van der Waals surface area contributed by atoms with Gasteiger partial charge in [-0.05, 0) is 32.2 Å². The minimum atomic E-state index is 0.175. The minimum absolute atomic E-state index is 0.175. The summed E-state index contributed by atoms with van der Waals surface area (Å²) < 4.78 is 0. The largest absolute Gasteiger partial charge is 0.329 e. The molecule has 1 fully saturated rings. The summed E-state index contributed by atoms with van der Waals surface area (Å²) >= 11 is 0. The zero-order valence-corrected chi connectivity index (χ0v) is 8.40. The number of nitrogens with two attached hydrogens (primary N) is 1. The molecule has 0 aromatic heterocycles. The van der Waals surface area contributed by atoms with Gasteiger partial charge in [0.25, 0.3) is 0 Å². The summed E-state index contributed by atoms with van der Waals surface area (Å²) in [6.45, 7) is 6.29. The molecule has 0 aromatic rings. The van der Waals surface area contributed by atoms with Crippen LogP contribution < -0.4 is 11.1 Å². The van der Waals surface area contributed by atoms with E-state index in [0.717, 1.165) is 25.4 Å². The summed E-state index contributed by atoms with van der Waals surface area (Å²) in [5.41, 5.74) is 5.86. The molecule has 12 heavy (non-hydrogen) atoms. The molecule has 0 bridgehead atoms. The van der Waals surface area contributed by atoms with Crippen molar-refractivity contribution < 1.29 is 0 Å². The molecule has 2 heteroatoms. The summed E-state index contributed by atoms with van der Waals surface area (Å²) in [5.74, 6) is 1.02. The summed E-state index contributed by atoms with van der Waals surface area (Å²) in [6.07, 6.45) is 5.37. The van der Waals surface area contributed by atoms with Gasteiger partial charge in [0.2, 0.25) is 0 Å². The molecule has 0 saturated heterocycles. The van der Waals surface area contributed by atoms with Crippen LogP contribution in [0.2, 0.25) is 0 Å². The Bertz CT molecular complexity index is 126. The van der Waals surface area contributed by atoms with Crippen molar-refractivity contribution in [1.82, 2.24) is 5.32 Å². The van der Waals surface area contributed by atoms with E-state index >= 15 is 0 Å². The Morgan fingerprint density at radius 2 is 2.17 bits per heavy atom. The third-order valence-corrected chi connectivity index (χ3v) is 3.03. The fourth-order valence-electron chi connectivity index (χ4n) is 1.33. The van der Waals surface area contributed by atoms with Gasteiger partial charge < -0.3 is 11.1 Å². The average molecular weight is 170 g/mol. The fourth-order valence-corrected chi connectivity index (χ4v) is 1.33. The standard InChI is InChI=1S/C10H22N2/c1-3-10(2,8-11)12-7-6-9-4-5-9/h9,12H,3-8,11H2,1-2H3. The van der Waals surface area contributed by atoms with Gasteiger partial charge in [-0.3, -0.25) is 0 Å². The van der Waals surface area contributed by atoms with Crippen LogP contribution in [0.1, 0.15) is 39.5 Å². The Morgan fingerprint density at radius 3 is 2.58 bits per heavy atom. The van der Waals surface area contributed by atoms with Gasteiger partial charge in [0.15, 0.2) is 0 Å². The van der Waals surface area contributed by atoms with Crippen LogP contribution in [0.15, 0.2) is 0 Å². The van der Waals surface area contributed by atoms with Crippen molar-refractivity contribution in [3.63, 3.8) is 0 Å². The van der Waals surface area contributed by atoms with E-state index in [0.29, 0.717) is 0 Å². The molecule has 1 unspecified atom stereocenters. The SMILES string of the molecule is CCC(C)(CN)NCCC1CC1. The Morgan fingerprint density at radius 1 is 1.50 bits per heavy atom. The topological polar surface area (TPSA) is 38.0 Å². The van der Waals surface area contributed by atoms with E-state index in [1.807, 2.05) is 0 Å². The first kappa shape index (κ1) is 10.0. The Hall–Kier alpha value is -0.0800. The molecule has 0 aliphatic heterocycles. The van der Waals surface area contributed by atoms with Gasteiger partial charge in [-0.1, -0.05) is 19.8 Å². The van der Waals surface area contributed by atoms with Crippen LogP contribution in [0.25, 0.3) is 0 Å². The van der Waals surface area contributed by atoms with E-state index in [1.165, 1.54) is 19.3 Å². The summed E-state index contributed by atoms with van der Waals surface area (Å²) in [6, 6.07) is 0. The van der Waals surface area contributed by atoms with Gasteiger partial charge in [-0.2, -0.15) is 0 Å². The van der Waals surface area contributed by atoms with E-state index in [1.54, 1.807) is 0 Å². The molecule has 0 heterocycles. The number of hydrogen-bond acceptors (Lipinski definition) is 2. The molecule has 72 valence electrons. The Labute approximate surface area is 75.9 Å². The van der Waals surface area contributed by atoms with Crippen LogP contribution >= 0.6 is 0 Å². The maximum atomic E-state index is 5.69. The molecular weight excluding hydrogens is 148 g/mol. The number of hydrogen-bond donors (Lipinski definition) is 2. The van der Waals surface area contributed by atoms with Crippen molar-refractivity contribution in [2.75, 3.05) is 13.1 Å². The molecule has 0 amide bonds. The monoisotopic (exact) mass is 170 g/mol. The lowest BCUT2D eigenvalue weighted by atomic mass is 9.99. The van der Waals surface area contributed by atoms with Crippen LogP contribution in [0.5, 0.6) is 0 Å². The molecule has 1 saturated carbocycles. The lowest BCUT2D eigenvalue weighted by Crippen LogP contribution is -2.48. The summed E-state index contributed by atoms with van der Waals surface area (Å²) in [7, 11) is 0. The second-order valence-corrected chi connectivity index (χ2v) is 4.28. The Balaban J connectivity index is 2.08. The highest BCUT2D eigenvalue weighted by atomic mass is 15.0. The molecule has 1 atom stereocenters. The normalized spacial score (nSPS) is 22.2. The van der Waals surface area contributed by atoms with Crippen LogP contribution in [-0.2, 0) is 0 Å². The van der Waals surface area contributed by atoms with E-state index in [9.17, 15) is 0 Å². The molecule has 0 radical (unpaired) electrons. The second-order valence-electron chi connectivity index (χ2n) is 4.28. The summed E-state index contributed by atoms with van der Waals surface area (Å²) in [4.78, 5) is 0. The smallest absolute Gasteiger partial charge is 0.0273 e. The third kappa shape index (κ3) is 3.11. The van der Waals surface area contributed by atoms with Crippen molar-refractivity contribution in [2.24, 2.45) is 11.7 Å². The van der Waals surface area contributed by atoms with Crippen molar-refractivity contribution in [1.29, 1.82) is 0 Å². The maximum absolute atomic E-state index is 5.69. The fraction of sp³-hybridized carbons (Fsp3) is 1.00. The summed E-state index contributed by atoms with van der Waals surface area (Å²) in [5, 5.41) is 3.54. The van der Waals surface area contributed by atoms with Gasteiger partial charge in [0.1, 0.15) is 0 Å². The lowest BCUT2D eigenvalue weighted by molar-refractivity contribution is 0.347. The van der Waals surface area contributed by atoms with Crippen LogP contribution in [0.4, 0.5) is 0 Å². The van der Waals surface area contributed by atoms with Crippen molar-refractivity contribution in [3.05, 3.63) is 0 Å². The molecule has 0 spiro atoms. The average Bonchev–Trinajstić information content (AvgIpc) is 2.88. The van der Waals surface area contributed by atoms with Gasteiger partial charge in [0.05, 0.1) is 0 Å². The zero-order chi connectivity index (χ0) is 9.03. The maximum Gasteiger partial charge on any atom is 0.0273 e. The van der Waals surface area contributed by atoms with Crippen LogP contribution in [0.3, 0.4) is 0 Å². The number of rotatable bonds is 6. The van der Waals surface area contributed by atoms with Gasteiger partial charge in [-0.15, -0.1) is 0 Å². The molecule has 1 aliphatic rings. The molecule has 2 nitrogen and oxygen atoms in total. The third-order valence-electron chi connectivity index (χ3n) is 3.03. The predicted octanol–water partition coefficient (Wildman–Crippen LogP) is 1.50. The van der Waals surface area contributed by atoms with Gasteiger partial charge in [-0.25, -0.2) is 0 Å². The minimum Gasteiger partial charge on any atom is -0.329 e. The zero-order valence-electron chi connectivity index (χ0n) is 8.40. The first-order chi connectivity index (χ1) is 5.70. The highest BCUT2D eigenvalue weighted by Crippen LogP contribution is 2.31. The van der Waals surface area contributed by atoms with E-state index < -0.39 is 0 Å². The molecule has 0 aromatic carbocycles. The predicted molar refractivity (Wildman–Crippen MR) is 53.1 cm³/mol. The van der Waals surface area contributed by atoms with Gasteiger partial charge in [0, 0.05) is 12.1 Å².